The number of carbonyl (C=O) groups is 2. The highest BCUT2D eigenvalue weighted by Crippen LogP contribution is 2.50. The summed E-state index contributed by atoms with van der Waals surface area (Å²) in [5.41, 5.74) is -0.101. The molecule has 0 spiro atoms. The Morgan fingerprint density at radius 2 is 2.17 bits per heavy atom. The molecule has 1 aromatic rings. The molecule has 1 amide bonds. The molecule has 1 N–H and O–H groups in total. The molecule has 7 heteroatoms. The molecule has 0 aromatic carbocycles. The van der Waals surface area contributed by atoms with Crippen LogP contribution in [0.3, 0.4) is 0 Å². The van der Waals surface area contributed by atoms with Gasteiger partial charge < -0.3 is 15.0 Å². The second-order valence-electron chi connectivity index (χ2n) is 5.46. The molecule has 0 bridgehead atoms. The number of amides is 1. The largest absolute Gasteiger partial charge is 0.543 e. The Balaban J connectivity index is 1.78. The summed E-state index contributed by atoms with van der Waals surface area (Å²) in [6.45, 7) is 2.13. The van der Waals surface area contributed by atoms with E-state index in [0.29, 0.717) is 11.4 Å². The fraction of sp³-hybridized carbons (Fsp3) is 0.312. The van der Waals surface area contributed by atoms with E-state index in [9.17, 15) is 19.8 Å². The van der Waals surface area contributed by atoms with Crippen molar-refractivity contribution in [1.82, 2.24) is 4.90 Å². The van der Waals surface area contributed by atoms with Crippen molar-refractivity contribution in [2.24, 2.45) is 5.92 Å². The van der Waals surface area contributed by atoms with E-state index in [1.54, 1.807) is 13.0 Å². The van der Waals surface area contributed by atoms with E-state index < -0.39 is 18.0 Å². The van der Waals surface area contributed by atoms with Crippen LogP contribution in [0.15, 0.2) is 53.3 Å². The van der Waals surface area contributed by atoms with E-state index in [-0.39, 0.29) is 17.0 Å². The average Bonchev–Trinajstić information content (AvgIpc) is 2.82. The molecule has 3 heterocycles. The minimum atomic E-state index is -1.37. The van der Waals surface area contributed by atoms with Gasteiger partial charge in [-0.15, -0.1) is 0 Å². The fourth-order valence-electron chi connectivity index (χ4n) is 2.75. The number of carboxylic acid groups (broad SMARTS) is 1. The van der Waals surface area contributed by atoms with Crippen molar-refractivity contribution >= 4 is 23.6 Å². The predicted molar refractivity (Wildman–Crippen MR) is 81.2 cm³/mol. The minimum Gasteiger partial charge on any atom is -0.543 e. The van der Waals surface area contributed by atoms with Crippen LogP contribution in [0.25, 0.3) is 0 Å². The second kappa shape index (κ2) is 6.17. The number of aromatic nitrogens is 1. The van der Waals surface area contributed by atoms with Crippen LogP contribution in [0.5, 0.6) is 0 Å². The first kappa shape index (κ1) is 15.8. The Labute approximate surface area is 137 Å². The molecule has 0 radical (unpaired) electrons. The van der Waals surface area contributed by atoms with Crippen molar-refractivity contribution in [3.05, 3.63) is 53.3 Å². The standard InChI is InChI=1S/C16H16N2O4S/c1-10(19)12-14(20)18-13(16(21)22)11(23-15(12)18)6-5-9-17-7-3-2-4-8-17/h2-8,10,12,15,19H,9H2,1H3/b6-5-/t10-,12+,15-/m1/s1. The zero-order chi connectivity index (χ0) is 16.6. The number of aliphatic hydroxyl groups is 1. The molecule has 6 nitrogen and oxygen atoms in total. The average molecular weight is 332 g/mol. The van der Waals surface area contributed by atoms with Crippen LogP contribution < -0.4 is 9.67 Å². The molecular formula is C16H16N2O4S. The molecule has 23 heavy (non-hydrogen) atoms. The number of carboxylic acids is 1. The molecule has 2 aliphatic rings. The Morgan fingerprint density at radius 1 is 1.48 bits per heavy atom. The highest BCUT2D eigenvalue weighted by atomic mass is 32.2. The molecule has 1 aromatic heterocycles. The minimum absolute atomic E-state index is 0.101. The Hall–Kier alpha value is -2.12. The van der Waals surface area contributed by atoms with E-state index in [0.717, 1.165) is 0 Å². The number of aliphatic carboxylic acids is 1. The van der Waals surface area contributed by atoms with Crippen molar-refractivity contribution in [1.29, 1.82) is 0 Å². The van der Waals surface area contributed by atoms with Crippen molar-refractivity contribution < 1.29 is 24.4 Å². The van der Waals surface area contributed by atoms with Crippen LogP contribution in [0, 0.1) is 5.92 Å². The predicted octanol–water partition coefficient (Wildman–Crippen LogP) is -0.596. The summed E-state index contributed by atoms with van der Waals surface area (Å²) in [4.78, 5) is 25.1. The molecule has 0 aliphatic carbocycles. The van der Waals surface area contributed by atoms with Crippen LogP contribution in [-0.4, -0.2) is 33.4 Å². The van der Waals surface area contributed by atoms with Gasteiger partial charge in [-0.3, -0.25) is 9.69 Å². The maximum Gasteiger partial charge on any atom is 0.236 e. The van der Waals surface area contributed by atoms with Gasteiger partial charge in [0, 0.05) is 17.0 Å². The maximum atomic E-state index is 12.0. The summed E-state index contributed by atoms with van der Waals surface area (Å²) >= 11 is 1.28. The van der Waals surface area contributed by atoms with E-state index in [1.807, 2.05) is 41.2 Å². The number of nitrogens with zero attached hydrogens (tertiary/aromatic N) is 2. The number of allylic oxidation sites excluding steroid dienone is 2. The number of hydrogen-bond donors (Lipinski definition) is 1. The van der Waals surface area contributed by atoms with E-state index >= 15 is 0 Å². The number of carbonyl (C=O) groups excluding carboxylic acids is 2. The lowest BCUT2D eigenvalue weighted by atomic mass is 9.92. The molecule has 0 saturated carbocycles. The highest BCUT2D eigenvalue weighted by molar-refractivity contribution is 8.04. The van der Waals surface area contributed by atoms with Gasteiger partial charge in [0.15, 0.2) is 18.9 Å². The van der Waals surface area contributed by atoms with Crippen LogP contribution in [0.1, 0.15) is 6.92 Å². The van der Waals surface area contributed by atoms with Crippen molar-refractivity contribution in [3.63, 3.8) is 0 Å². The number of aliphatic hydroxyl groups excluding tert-OH is 1. The van der Waals surface area contributed by atoms with Gasteiger partial charge in [0.2, 0.25) is 5.91 Å². The van der Waals surface area contributed by atoms with E-state index in [1.165, 1.54) is 16.7 Å². The third-order valence-corrected chi connectivity index (χ3v) is 5.21. The van der Waals surface area contributed by atoms with Gasteiger partial charge in [-0.05, 0) is 19.1 Å². The van der Waals surface area contributed by atoms with Crippen LogP contribution in [0.4, 0.5) is 0 Å². The number of fused-ring (bicyclic) bond motifs is 1. The van der Waals surface area contributed by atoms with Crippen LogP contribution >= 0.6 is 11.8 Å². The third kappa shape index (κ3) is 2.77. The number of rotatable bonds is 5. The quantitative estimate of drug-likeness (QED) is 0.575. The van der Waals surface area contributed by atoms with E-state index in [4.69, 9.17) is 0 Å². The first-order chi connectivity index (χ1) is 11.0. The topological polar surface area (TPSA) is 84.5 Å². The Morgan fingerprint density at radius 3 is 2.78 bits per heavy atom. The number of pyridine rings is 1. The van der Waals surface area contributed by atoms with Crippen molar-refractivity contribution in [2.75, 3.05) is 0 Å². The van der Waals surface area contributed by atoms with Gasteiger partial charge in [0.25, 0.3) is 0 Å². The van der Waals surface area contributed by atoms with Crippen molar-refractivity contribution in [2.45, 2.75) is 24.9 Å². The summed E-state index contributed by atoms with van der Waals surface area (Å²) in [7, 11) is 0. The first-order valence-corrected chi connectivity index (χ1v) is 8.12. The summed E-state index contributed by atoms with van der Waals surface area (Å²) in [5, 5.41) is 20.7. The smallest absolute Gasteiger partial charge is 0.236 e. The van der Waals surface area contributed by atoms with Crippen LogP contribution in [-0.2, 0) is 16.1 Å². The summed E-state index contributed by atoms with van der Waals surface area (Å²) < 4.78 is 1.94. The molecule has 120 valence electrons. The number of β-lactam (4-membered cyclic amide) rings is 1. The SMILES string of the molecule is C[C@@H](O)[C@H]1C(=O)N2C(C(=O)[O-])=C(/C=C\C[n+]3ccccc3)S[C@H]12. The lowest BCUT2D eigenvalue weighted by Crippen LogP contribution is -2.61. The van der Waals surface area contributed by atoms with Gasteiger partial charge in [0.05, 0.1) is 23.7 Å². The molecular weight excluding hydrogens is 316 g/mol. The summed E-state index contributed by atoms with van der Waals surface area (Å²) in [5.74, 6) is -2.30. The monoisotopic (exact) mass is 332 g/mol. The van der Waals surface area contributed by atoms with Crippen molar-refractivity contribution in [3.8, 4) is 0 Å². The zero-order valence-corrected chi connectivity index (χ0v) is 13.3. The molecule has 1 fully saturated rings. The highest BCUT2D eigenvalue weighted by Gasteiger charge is 2.55. The molecule has 3 rings (SSSR count). The first-order valence-electron chi connectivity index (χ1n) is 7.24. The second-order valence-corrected chi connectivity index (χ2v) is 6.62. The number of thioether (sulfide) groups is 1. The molecule has 3 atom stereocenters. The normalized spacial score (nSPS) is 24.8. The van der Waals surface area contributed by atoms with E-state index in [2.05, 4.69) is 0 Å². The van der Waals surface area contributed by atoms with Gasteiger partial charge >= 0.3 is 0 Å². The van der Waals surface area contributed by atoms with Gasteiger partial charge in [-0.1, -0.05) is 17.8 Å². The molecule has 2 aliphatic heterocycles. The molecule has 0 unspecified atom stereocenters. The zero-order valence-electron chi connectivity index (χ0n) is 12.5. The maximum absolute atomic E-state index is 12.0. The Kier molecular flexibility index (Phi) is 4.23. The van der Waals surface area contributed by atoms with Gasteiger partial charge in [0.1, 0.15) is 5.37 Å². The summed E-state index contributed by atoms with van der Waals surface area (Å²) in [6.07, 6.45) is 6.53. The molecule has 1 saturated heterocycles. The summed E-state index contributed by atoms with van der Waals surface area (Å²) in [6, 6.07) is 5.72. The Bertz CT molecular complexity index is 699. The third-order valence-electron chi connectivity index (χ3n) is 3.88. The van der Waals surface area contributed by atoms with Crippen LogP contribution in [0.2, 0.25) is 0 Å². The lowest BCUT2D eigenvalue weighted by molar-refractivity contribution is -0.687. The van der Waals surface area contributed by atoms with Gasteiger partial charge in [-0.25, -0.2) is 4.57 Å². The van der Waals surface area contributed by atoms with Gasteiger partial charge in [-0.2, -0.15) is 0 Å². The lowest BCUT2D eigenvalue weighted by Gasteiger charge is -2.44. The fourth-order valence-corrected chi connectivity index (χ4v) is 4.29. The number of hydrogen-bond acceptors (Lipinski definition) is 5.